The maximum Gasteiger partial charge on any atom is 0.251 e. The summed E-state index contributed by atoms with van der Waals surface area (Å²) in [6.45, 7) is 0.0755. The molecule has 0 amide bonds. The highest BCUT2D eigenvalue weighted by molar-refractivity contribution is 7.89. The lowest BCUT2D eigenvalue weighted by atomic mass is 10.1. The Morgan fingerprint density at radius 2 is 1.92 bits per heavy atom. The number of hydrogen-bond acceptors (Lipinski definition) is 4. The molecule has 3 rings (SSSR count). The molecule has 8 heteroatoms. The Labute approximate surface area is 155 Å². The number of aromatic amines is 1. The summed E-state index contributed by atoms with van der Waals surface area (Å²) in [7, 11) is -2.17. The zero-order valence-electron chi connectivity index (χ0n) is 14.0. The van der Waals surface area contributed by atoms with Crippen LogP contribution < -0.4 is 15.0 Å². The van der Waals surface area contributed by atoms with Gasteiger partial charge in [0.05, 0.1) is 12.1 Å². The Morgan fingerprint density at radius 3 is 2.65 bits per heavy atom. The molecular formula is C18H17ClN2O4S. The number of methoxy groups -OCH3 is 1. The van der Waals surface area contributed by atoms with Crippen LogP contribution in [0, 0.1) is 0 Å². The van der Waals surface area contributed by atoms with Crippen LogP contribution in [0.1, 0.15) is 5.56 Å². The van der Waals surface area contributed by atoms with Crippen molar-refractivity contribution in [1.82, 2.24) is 9.71 Å². The van der Waals surface area contributed by atoms with Crippen molar-refractivity contribution in [3.8, 4) is 5.75 Å². The summed E-state index contributed by atoms with van der Waals surface area (Å²) >= 11 is 5.94. The van der Waals surface area contributed by atoms with Gasteiger partial charge in [0.15, 0.2) is 0 Å². The molecule has 0 atom stereocenters. The normalized spacial score (nSPS) is 11.6. The van der Waals surface area contributed by atoms with Crippen LogP contribution in [0.2, 0.25) is 5.02 Å². The minimum Gasteiger partial charge on any atom is -0.497 e. The van der Waals surface area contributed by atoms with Gasteiger partial charge in [-0.15, -0.1) is 0 Å². The topological polar surface area (TPSA) is 88.3 Å². The molecule has 1 aromatic heterocycles. The van der Waals surface area contributed by atoms with Gasteiger partial charge in [-0.1, -0.05) is 23.7 Å². The number of hydrogen-bond donors (Lipinski definition) is 2. The van der Waals surface area contributed by atoms with E-state index in [9.17, 15) is 13.2 Å². The lowest BCUT2D eigenvalue weighted by Crippen LogP contribution is -2.27. The molecule has 0 aliphatic heterocycles. The summed E-state index contributed by atoms with van der Waals surface area (Å²) in [5, 5.41) is 0.962. The third-order valence-corrected chi connectivity index (χ3v) is 5.90. The molecule has 0 saturated heterocycles. The zero-order chi connectivity index (χ0) is 18.7. The minimum absolute atomic E-state index is 0.0128. The molecule has 0 radical (unpaired) electrons. The zero-order valence-corrected chi connectivity index (χ0v) is 15.5. The fourth-order valence-corrected chi connectivity index (χ4v) is 4.15. The second-order valence-electron chi connectivity index (χ2n) is 5.66. The molecule has 26 heavy (non-hydrogen) atoms. The van der Waals surface area contributed by atoms with E-state index in [1.54, 1.807) is 37.4 Å². The maximum atomic E-state index is 12.3. The number of ether oxygens (including phenoxy) is 1. The van der Waals surface area contributed by atoms with Gasteiger partial charge in [-0.2, -0.15) is 0 Å². The molecule has 0 unspecified atom stereocenters. The molecule has 3 aromatic rings. The first kappa shape index (κ1) is 18.4. The molecule has 0 aliphatic rings. The second-order valence-corrected chi connectivity index (χ2v) is 7.80. The van der Waals surface area contributed by atoms with Crippen LogP contribution in [0.3, 0.4) is 0 Å². The number of halogens is 1. The Hall–Kier alpha value is -2.35. The average Bonchev–Trinajstić information content (AvgIpc) is 2.62. The molecule has 0 aliphatic carbocycles. The summed E-state index contributed by atoms with van der Waals surface area (Å²) in [6.07, 6.45) is 0.242. The van der Waals surface area contributed by atoms with Crippen LogP contribution in [0.25, 0.3) is 10.9 Å². The van der Waals surface area contributed by atoms with Crippen LogP contribution in [0.5, 0.6) is 5.75 Å². The summed E-state index contributed by atoms with van der Waals surface area (Å²) in [6, 6.07) is 13.3. The summed E-state index contributed by atoms with van der Waals surface area (Å²) in [5.74, 6) is 0.676. The van der Waals surface area contributed by atoms with Crippen molar-refractivity contribution in [3.05, 3.63) is 69.5 Å². The van der Waals surface area contributed by atoms with Crippen molar-refractivity contribution in [2.45, 2.75) is 11.3 Å². The van der Waals surface area contributed by atoms with Crippen LogP contribution in [0.4, 0.5) is 0 Å². The van der Waals surface area contributed by atoms with Crippen LogP contribution in [-0.4, -0.2) is 27.1 Å². The van der Waals surface area contributed by atoms with E-state index in [1.165, 1.54) is 12.1 Å². The van der Waals surface area contributed by atoms with Crippen molar-refractivity contribution in [1.29, 1.82) is 0 Å². The predicted octanol–water partition coefficient (Wildman–Crippen LogP) is 2.71. The number of H-pyrrole nitrogens is 1. The predicted molar refractivity (Wildman–Crippen MR) is 101 cm³/mol. The molecule has 136 valence electrons. The van der Waals surface area contributed by atoms with Gasteiger partial charge < -0.3 is 9.72 Å². The van der Waals surface area contributed by atoms with E-state index in [4.69, 9.17) is 16.3 Å². The molecule has 2 aromatic carbocycles. The standard InChI is InChI=1S/C18H17ClN2O4S/c1-25-14-6-7-16-13(11-14)10-12(18(22)21-16)8-9-20-26(23,24)17-5-3-2-4-15(17)19/h2-7,10-11,20H,8-9H2,1H3,(H,21,22). The first-order valence-electron chi connectivity index (χ1n) is 7.85. The smallest absolute Gasteiger partial charge is 0.251 e. The monoisotopic (exact) mass is 392 g/mol. The van der Waals surface area contributed by atoms with Gasteiger partial charge in [-0.3, -0.25) is 4.79 Å². The number of pyridine rings is 1. The van der Waals surface area contributed by atoms with Crippen molar-refractivity contribution < 1.29 is 13.2 Å². The van der Waals surface area contributed by atoms with Crippen LogP contribution in [0.15, 0.2) is 58.2 Å². The Balaban J connectivity index is 1.78. The summed E-state index contributed by atoms with van der Waals surface area (Å²) in [4.78, 5) is 15.0. The highest BCUT2D eigenvalue weighted by atomic mass is 35.5. The SMILES string of the molecule is COc1ccc2[nH]c(=O)c(CCNS(=O)(=O)c3ccccc3Cl)cc2c1. The maximum absolute atomic E-state index is 12.3. The highest BCUT2D eigenvalue weighted by Gasteiger charge is 2.17. The average molecular weight is 393 g/mol. The van der Waals surface area contributed by atoms with Gasteiger partial charge in [0.1, 0.15) is 10.6 Å². The van der Waals surface area contributed by atoms with E-state index in [-0.39, 0.29) is 28.4 Å². The van der Waals surface area contributed by atoms with E-state index in [1.807, 2.05) is 6.07 Å². The van der Waals surface area contributed by atoms with E-state index >= 15 is 0 Å². The van der Waals surface area contributed by atoms with Crippen molar-refractivity contribution in [3.63, 3.8) is 0 Å². The first-order valence-corrected chi connectivity index (χ1v) is 9.71. The van der Waals surface area contributed by atoms with Crippen molar-refractivity contribution in [2.75, 3.05) is 13.7 Å². The Bertz CT molecular complexity index is 1110. The molecule has 0 fully saturated rings. The second kappa shape index (κ2) is 7.49. The van der Waals surface area contributed by atoms with Gasteiger partial charge in [0.25, 0.3) is 5.56 Å². The van der Waals surface area contributed by atoms with Gasteiger partial charge in [-0.25, -0.2) is 13.1 Å². The molecular weight excluding hydrogens is 376 g/mol. The quantitative estimate of drug-likeness (QED) is 0.675. The number of benzene rings is 2. The molecule has 0 spiro atoms. The molecule has 1 heterocycles. The van der Waals surface area contributed by atoms with E-state index < -0.39 is 10.0 Å². The minimum atomic E-state index is -3.74. The van der Waals surface area contributed by atoms with E-state index in [2.05, 4.69) is 9.71 Å². The first-order chi connectivity index (χ1) is 12.4. The van der Waals surface area contributed by atoms with Gasteiger partial charge >= 0.3 is 0 Å². The molecule has 0 saturated carbocycles. The number of fused-ring (bicyclic) bond motifs is 1. The third-order valence-electron chi connectivity index (χ3n) is 3.94. The fourth-order valence-electron chi connectivity index (χ4n) is 2.60. The molecule has 6 nitrogen and oxygen atoms in total. The number of rotatable bonds is 6. The lowest BCUT2D eigenvalue weighted by molar-refractivity contribution is 0.415. The third kappa shape index (κ3) is 3.90. The Kier molecular flexibility index (Phi) is 5.31. The van der Waals surface area contributed by atoms with E-state index in [0.29, 0.717) is 16.8 Å². The highest BCUT2D eigenvalue weighted by Crippen LogP contribution is 2.21. The van der Waals surface area contributed by atoms with Crippen LogP contribution in [-0.2, 0) is 16.4 Å². The van der Waals surface area contributed by atoms with Gasteiger partial charge in [-0.05, 0) is 42.8 Å². The van der Waals surface area contributed by atoms with Crippen LogP contribution >= 0.6 is 11.6 Å². The number of sulfonamides is 1. The lowest BCUT2D eigenvalue weighted by Gasteiger charge is -2.09. The largest absolute Gasteiger partial charge is 0.497 e. The summed E-state index contributed by atoms with van der Waals surface area (Å²) < 4.78 is 32.3. The van der Waals surface area contributed by atoms with E-state index in [0.717, 1.165) is 5.39 Å². The number of nitrogens with one attached hydrogen (secondary N) is 2. The van der Waals surface area contributed by atoms with Crippen molar-refractivity contribution >= 4 is 32.5 Å². The van der Waals surface area contributed by atoms with Gasteiger partial charge in [0.2, 0.25) is 10.0 Å². The number of aromatic nitrogens is 1. The van der Waals surface area contributed by atoms with Crippen molar-refractivity contribution in [2.24, 2.45) is 0 Å². The Morgan fingerprint density at radius 1 is 1.15 bits per heavy atom. The molecule has 2 N–H and O–H groups in total. The fraction of sp³-hybridized carbons (Fsp3) is 0.167. The molecule has 0 bridgehead atoms. The van der Waals surface area contributed by atoms with Gasteiger partial charge in [0, 0.05) is 23.0 Å². The summed E-state index contributed by atoms with van der Waals surface area (Å²) in [5.41, 5.74) is 0.920.